The number of likely N-dealkylation sites (tertiary alicyclic amines) is 1. The maximum absolute atomic E-state index is 12.4. The molecule has 2 heterocycles. The molecule has 2 N–H and O–H groups in total. The van der Waals surface area contributed by atoms with Gasteiger partial charge in [-0.1, -0.05) is 30.3 Å². The molecule has 0 spiro atoms. The Hall–Kier alpha value is -2.54. The number of anilines is 1. The Bertz CT molecular complexity index is 775. The number of ether oxygens (including phenoxy) is 1. The van der Waals surface area contributed by atoms with E-state index in [0.29, 0.717) is 24.3 Å². The number of carboxylic acids is 1. The predicted octanol–water partition coefficient (Wildman–Crippen LogP) is 4.00. The van der Waals surface area contributed by atoms with Crippen LogP contribution in [0.5, 0.6) is 0 Å². The SMILES string of the molecule is CNc1csc(C2CCCN(C(=O)OCc3ccccc3)C2)c1C(=O)O. The molecule has 1 saturated heterocycles. The molecular formula is C19H22N2O4S. The van der Waals surface area contributed by atoms with E-state index < -0.39 is 5.97 Å². The second-order valence-corrected chi connectivity index (χ2v) is 7.18. The van der Waals surface area contributed by atoms with E-state index in [4.69, 9.17) is 4.74 Å². The van der Waals surface area contributed by atoms with Crippen molar-refractivity contribution in [3.05, 3.63) is 51.7 Å². The highest BCUT2D eigenvalue weighted by atomic mass is 32.1. The normalized spacial score (nSPS) is 17.0. The Balaban J connectivity index is 1.67. The number of hydrogen-bond acceptors (Lipinski definition) is 5. The molecule has 1 fully saturated rings. The summed E-state index contributed by atoms with van der Waals surface area (Å²) >= 11 is 1.44. The fourth-order valence-corrected chi connectivity index (χ4v) is 4.43. The fourth-order valence-electron chi connectivity index (χ4n) is 3.25. The average Bonchev–Trinajstić information content (AvgIpc) is 3.11. The first-order valence-corrected chi connectivity index (χ1v) is 9.46. The van der Waals surface area contributed by atoms with Gasteiger partial charge in [0, 0.05) is 36.3 Å². The molecule has 1 aliphatic rings. The molecule has 1 atom stereocenters. The molecule has 0 radical (unpaired) electrons. The highest BCUT2D eigenvalue weighted by Gasteiger charge is 2.30. The van der Waals surface area contributed by atoms with Gasteiger partial charge in [-0.05, 0) is 18.4 Å². The van der Waals surface area contributed by atoms with E-state index >= 15 is 0 Å². The van der Waals surface area contributed by atoms with Crippen molar-refractivity contribution in [2.45, 2.75) is 25.4 Å². The van der Waals surface area contributed by atoms with Crippen LogP contribution in [0.3, 0.4) is 0 Å². The van der Waals surface area contributed by atoms with Crippen LogP contribution < -0.4 is 5.32 Å². The van der Waals surface area contributed by atoms with E-state index in [0.717, 1.165) is 23.3 Å². The number of thiophene rings is 1. The predicted molar refractivity (Wildman–Crippen MR) is 101 cm³/mol. The monoisotopic (exact) mass is 374 g/mol. The lowest BCUT2D eigenvalue weighted by Gasteiger charge is -2.32. The Morgan fingerprint density at radius 1 is 1.35 bits per heavy atom. The number of carbonyl (C=O) groups excluding carboxylic acids is 1. The van der Waals surface area contributed by atoms with E-state index in [9.17, 15) is 14.7 Å². The van der Waals surface area contributed by atoms with Gasteiger partial charge in [-0.2, -0.15) is 0 Å². The molecular weight excluding hydrogens is 352 g/mol. The largest absolute Gasteiger partial charge is 0.478 e. The van der Waals surface area contributed by atoms with Gasteiger partial charge in [0.1, 0.15) is 6.61 Å². The summed E-state index contributed by atoms with van der Waals surface area (Å²) in [6.07, 6.45) is 1.35. The standard InChI is InChI=1S/C19H22N2O4S/c1-20-15-12-26-17(16(15)18(22)23)14-8-5-9-21(10-14)19(24)25-11-13-6-3-2-4-7-13/h2-4,6-7,12,14,20H,5,8-11H2,1H3,(H,22,23). The van der Waals surface area contributed by atoms with Crippen LogP contribution >= 0.6 is 11.3 Å². The molecule has 7 heteroatoms. The smallest absolute Gasteiger partial charge is 0.410 e. The fraction of sp³-hybridized carbons (Fsp3) is 0.368. The van der Waals surface area contributed by atoms with E-state index in [1.807, 2.05) is 35.7 Å². The summed E-state index contributed by atoms with van der Waals surface area (Å²) in [7, 11) is 1.71. The van der Waals surface area contributed by atoms with Crippen molar-refractivity contribution in [1.82, 2.24) is 4.90 Å². The molecule has 1 unspecified atom stereocenters. The first kappa shape index (κ1) is 18.3. The molecule has 0 aliphatic carbocycles. The van der Waals surface area contributed by atoms with Crippen molar-refractivity contribution >= 4 is 29.1 Å². The van der Waals surface area contributed by atoms with E-state index in [1.165, 1.54) is 11.3 Å². The minimum Gasteiger partial charge on any atom is -0.478 e. The molecule has 3 rings (SSSR count). The third-order valence-corrected chi connectivity index (χ3v) is 5.70. The summed E-state index contributed by atoms with van der Waals surface area (Å²) in [6.45, 7) is 1.36. The summed E-state index contributed by atoms with van der Waals surface area (Å²) in [5.41, 5.74) is 1.89. The summed E-state index contributed by atoms with van der Waals surface area (Å²) in [6, 6.07) is 9.56. The van der Waals surface area contributed by atoms with Crippen LogP contribution in [0.25, 0.3) is 0 Å². The van der Waals surface area contributed by atoms with Crippen LogP contribution in [0.1, 0.15) is 39.6 Å². The van der Waals surface area contributed by atoms with Gasteiger partial charge < -0.3 is 20.1 Å². The quantitative estimate of drug-likeness (QED) is 0.827. The Labute approximate surface area is 156 Å². The van der Waals surface area contributed by atoms with Gasteiger partial charge in [-0.15, -0.1) is 11.3 Å². The maximum Gasteiger partial charge on any atom is 0.410 e. The van der Waals surface area contributed by atoms with Gasteiger partial charge >= 0.3 is 12.1 Å². The number of hydrogen-bond donors (Lipinski definition) is 2. The zero-order chi connectivity index (χ0) is 18.5. The molecule has 138 valence electrons. The summed E-state index contributed by atoms with van der Waals surface area (Å²) in [5, 5.41) is 14.3. The number of aromatic carboxylic acids is 1. The lowest BCUT2D eigenvalue weighted by molar-refractivity contribution is 0.0695. The molecule has 26 heavy (non-hydrogen) atoms. The lowest BCUT2D eigenvalue weighted by Crippen LogP contribution is -2.39. The van der Waals surface area contributed by atoms with Crippen LogP contribution in [0.2, 0.25) is 0 Å². The molecule has 1 aromatic carbocycles. The summed E-state index contributed by atoms with van der Waals surface area (Å²) in [5.74, 6) is -0.916. The van der Waals surface area contributed by atoms with Gasteiger partial charge in [0.25, 0.3) is 0 Å². The van der Waals surface area contributed by atoms with Crippen LogP contribution in [0.4, 0.5) is 10.5 Å². The molecule has 0 saturated carbocycles. The van der Waals surface area contributed by atoms with Crippen molar-refractivity contribution in [1.29, 1.82) is 0 Å². The number of rotatable bonds is 5. The number of amides is 1. The number of carbonyl (C=O) groups is 2. The van der Waals surface area contributed by atoms with E-state index in [-0.39, 0.29) is 18.6 Å². The average molecular weight is 374 g/mol. The van der Waals surface area contributed by atoms with Gasteiger partial charge in [-0.25, -0.2) is 9.59 Å². The second kappa shape index (κ2) is 8.23. The maximum atomic E-state index is 12.4. The number of piperidine rings is 1. The number of nitrogens with zero attached hydrogens (tertiary/aromatic N) is 1. The van der Waals surface area contributed by atoms with Crippen LogP contribution in [-0.4, -0.2) is 42.2 Å². The van der Waals surface area contributed by atoms with Crippen LogP contribution in [0, 0.1) is 0 Å². The number of benzene rings is 1. The Kier molecular flexibility index (Phi) is 5.78. The Morgan fingerprint density at radius 2 is 2.12 bits per heavy atom. The Morgan fingerprint density at radius 3 is 2.81 bits per heavy atom. The zero-order valence-electron chi connectivity index (χ0n) is 14.6. The van der Waals surface area contributed by atoms with E-state index in [1.54, 1.807) is 11.9 Å². The first-order valence-electron chi connectivity index (χ1n) is 8.58. The molecule has 1 aromatic heterocycles. The molecule has 2 aromatic rings. The minimum atomic E-state index is -0.936. The second-order valence-electron chi connectivity index (χ2n) is 6.27. The van der Waals surface area contributed by atoms with Crippen molar-refractivity contribution in [2.24, 2.45) is 0 Å². The third kappa shape index (κ3) is 3.99. The minimum absolute atomic E-state index is 0.0197. The third-order valence-electron chi connectivity index (χ3n) is 4.56. The van der Waals surface area contributed by atoms with Gasteiger partial charge in [-0.3, -0.25) is 0 Å². The van der Waals surface area contributed by atoms with Crippen molar-refractivity contribution in [3.8, 4) is 0 Å². The summed E-state index contributed by atoms with van der Waals surface area (Å²) in [4.78, 5) is 26.6. The zero-order valence-corrected chi connectivity index (χ0v) is 15.4. The molecule has 0 bridgehead atoms. The lowest BCUT2D eigenvalue weighted by atomic mass is 9.94. The van der Waals surface area contributed by atoms with E-state index in [2.05, 4.69) is 5.32 Å². The van der Waals surface area contributed by atoms with Crippen molar-refractivity contribution in [3.63, 3.8) is 0 Å². The topological polar surface area (TPSA) is 78.9 Å². The summed E-state index contributed by atoms with van der Waals surface area (Å²) < 4.78 is 5.42. The highest BCUT2D eigenvalue weighted by molar-refractivity contribution is 7.11. The molecule has 6 nitrogen and oxygen atoms in total. The van der Waals surface area contributed by atoms with Crippen LogP contribution in [0.15, 0.2) is 35.7 Å². The molecule has 1 aliphatic heterocycles. The van der Waals surface area contributed by atoms with Gasteiger partial charge in [0.15, 0.2) is 0 Å². The molecule has 1 amide bonds. The van der Waals surface area contributed by atoms with Gasteiger partial charge in [0.05, 0.1) is 11.3 Å². The number of nitrogens with one attached hydrogen (secondary N) is 1. The van der Waals surface area contributed by atoms with Crippen molar-refractivity contribution in [2.75, 3.05) is 25.5 Å². The van der Waals surface area contributed by atoms with Crippen LogP contribution in [-0.2, 0) is 11.3 Å². The number of carboxylic acid groups (broad SMARTS) is 1. The highest BCUT2D eigenvalue weighted by Crippen LogP contribution is 2.37. The van der Waals surface area contributed by atoms with Crippen molar-refractivity contribution < 1.29 is 19.4 Å². The van der Waals surface area contributed by atoms with Gasteiger partial charge in [0.2, 0.25) is 0 Å². The first-order chi connectivity index (χ1) is 12.6.